The molecular weight excluding hydrogens is 370 g/mol. The molecule has 0 aliphatic carbocycles. The van der Waals surface area contributed by atoms with E-state index in [0.717, 1.165) is 8.62 Å². The van der Waals surface area contributed by atoms with Gasteiger partial charge in [0.15, 0.2) is 21.5 Å². The minimum Gasteiger partial charge on any atom is -0.484 e. The number of carbonyl (C=O) groups excluding carboxylic acids is 1. The molecule has 1 aliphatic heterocycles. The lowest BCUT2D eigenvalue weighted by Crippen LogP contribution is -2.34. The summed E-state index contributed by atoms with van der Waals surface area (Å²) in [6, 6.07) is 1.67. The van der Waals surface area contributed by atoms with Crippen molar-refractivity contribution in [3.8, 4) is 11.5 Å². The SMILES string of the molecule is CC(=O)OC[C@H]1COc2c(cc(Cl)c3nc(Br)sc23)O1. The minimum absolute atomic E-state index is 0.150. The normalized spacial score (nSPS) is 17.2. The highest BCUT2D eigenvalue weighted by molar-refractivity contribution is 9.11. The first-order chi connectivity index (χ1) is 9.54. The van der Waals surface area contributed by atoms with E-state index in [-0.39, 0.29) is 18.7 Å². The molecule has 0 saturated heterocycles. The third-order valence-corrected chi connectivity index (χ3v) is 4.49. The number of hydrogen-bond donors (Lipinski definition) is 0. The standard InChI is InChI=1S/C12H9BrClNO4S/c1-5(16)17-3-6-4-18-10-8(19-6)2-7(14)9-11(10)20-12(13)15-9/h2,6H,3-4H2,1H3/t6-/m0/s1. The highest BCUT2D eigenvalue weighted by Gasteiger charge is 2.26. The molecule has 20 heavy (non-hydrogen) atoms. The van der Waals surface area contributed by atoms with E-state index in [9.17, 15) is 4.79 Å². The molecule has 3 rings (SSSR count). The van der Waals surface area contributed by atoms with Crippen LogP contribution in [0, 0.1) is 0 Å². The summed E-state index contributed by atoms with van der Waals surface area (Å²) in [5.74, 6) is 0.827. The Balaban J connectivity index is 1.92. The molecule has 0 spiro atoms. The smallest absolute Gasteiger partial charge is 0.302 e. The molecule has 0 N–H and O–H groups in total. The first-order valence-electron chi connectivity index (χ1n) is 5.76. The van der Waals surface area contributed by atoms with E-state index in [4.69, 9.17) is 25.8 Å². The number of aromatic nitrogens is 1. The number of fused-ring (bicyclic) bond motifs is 3. The van der Waals surface area contributed by atoms with Crippen molar-refractivity contribution < 1.29 is 19.0 Å². The molecule has 0 fully saturated rings. The van der Waals surface area contributed by atoms with Gasteiger partial charge in [0, 0.05) is 13.0 Å². The van der Waals surface area contributed by atoms with Crippen LogP contribution in [0.2, 0.25) is 5.02 Å². The van der Waals surface area contributed by atoms with Crippen molar-refractivity contribution in [1.29, 1.82) is 0 Å². The van der Waals surface area contributed by atoms with Gasteiger partial charge < -0.3 is 14.2 Å². The van der Waals surface area contributed by atoms with Gasteiger partial charge in [-0.2, -0.15) is 0 Å². The number of rotatable bonds is 2. The van der Waals surface area contributed by atoms with E-state index < -0.39 is 0 Å². The molecule has 0 unspecified atom stereocenters. The maximum absolute atomic E-state index is 10.8. The third-order valence-electron chi connectivity index (χ3n) is 2.69. The predicted octanol–water partition coefficient (Wildman–Crippen LogP) is 3.42. The van der Waals surface area contributed by atoms with Gasteiger partial charge in [0.05, 0.1) is 5.02 Å². The summed E-state index contributed by atoms with van der Waals surface area (Å²) in [5, 5.41) is 0.498. The maximum atomic E-state index is 10.8. The second-order valence-corrected chi connectivity index (χ2v) is 6.87. The van der Waals surface area contributed by atoms with E-state index in [2.05, 4.69) is 20.9 Å². The summed E-state index contributed by atoms with van der Waals surface area (Å²) in [6.45, 7) is 1.82. The van der Waals surface area contributed by atoms with Gasteiger partial charge in [-0.25, -0.2) is 4.98 Å². The maximum Gasteiger partial charge on any atom is 0.302 e. The Bertz CT molecular complexity index is 690. The minimum atomic E-state index is -0.348. The lowest BCUT2D eigenvalue weighted by molar-refractivity contribution is -0.144. The molecule has 1 aliphatic rings. The Labute approximate surface area is 131 Å². The van der Waals surface area contributed by atoms with Crippen molar-refractivity contribution in [3.05, 3.63) is 15.0 Å². The summed E-state index contributed by atoms with van der Waals surface area (Å²) in [5.41, 5.74) is 0.685. The number of benzene rings is 1. The van der Waals surface area contributed by atoms with E-state index >= 15 is 0 Å². The van der Waals surface area contributed by atoms with E-state index in [1.807, 2.05) is 0 Å². The Morgan fingerprint density at radius 3 is 3.25 bits per heavy atom. The van der Waals surface area contributed by atoms with Crippen molar-refractivity contribution in [3.63, 3.8) is 0 Å². The fourth-order valence-electron chi connectivity index (χ4n) is 1.88. The second kappa shape index (κ2) is 5.38. The van der Waals surface area contributed by atoms with Gasteiger partial charge in [-0.1, -0.05) is 11.6 Å². The molecule has 0 radical (unpaired) electrons. The first-order valence-corrected chi connectivity index (χ1v) is 7.74. The van der Waals surface area contributed by atoms with Gasteiger partial charge in [-0.05, 0) is 15.9 Å². The Morgan fingerprint density at radius 2 is 2.50 bits per heavy atom. The summed E-state index contributed by atoms with van der Waals surface area (Å²) < 4.78 is 18.0. The number of halogens is 2. The van der Waals surface area contributed by atoms with Crippen LogP contribution in [0.5, 0.6) is 11.5 Å². The van der Waals surface area contributed by atoms with Crippen LogP contribution in [-0.4, -0.2) is 30.3 Å². The molecular formula is C12H9BrClNO4S. The zero-order valence-electron chi connectivity index (χ0n) is 10.3. The summed E-state index contributed by atoms with van der Waals surface area (Å²) in [4.78, 5) is 15.1. The van der Waals surface area contributed by atoms with Crippen LogP contribution in [0.4, 0.5) is 0 Å². The number of nitrogens with zero attached hydrogens (tertiary/aromatic N) is 1. The number of thiazole rings is 1. The Hall–Kier alpha value is -1.05. The molecule has 2 heterocycles. The van der Waals surface area contributed by atoms with Crippen LogP contribution in [0.3, 0.4) is 0 Å². The highest BCUT2D eigenvalue weighted by atomic mass is 79.9. The van der Waals surface area contributed by atoms with Crippen molar-refractivity contribution >= 4 is 55.1 Å². The number of hydrogen-bond acceptors (Lipinski definition) is 6. The summed E-state index contributed by atoms with van der Waals surface area (Å²) >= 11 is 11.0. The van der Waals surface area contributed by atoms with Crippen molar-refractivity contribution in [2.24, 2.45) is 0 Å². The van der Waals surface area contributed by atoms with Crippen molar-refractivity contribution in [2.75, 3.05) is 13.2 Å². The van der Waals surface area contributed by atoms with Gasteiger partial charge in [-0.15, -0.1) is 11.3 Å². The van der Waals surface area contributed by atoms with Gasteiger partial charge in [-0.3, -0.25) is 4.79 Å². The molecule has 1 aromatic heterocycles. The van der Waals surface area contributed by atoms with Gasteiger partial charge in [0.1, 0.15) is 23.4 Å². The molecule has 8 heteroatoms. The highest BCUT2D eigenvalue weighted by Crippen LogP contribution is 2.45. The van der Waals surface area contributed by atoms with Crippen molar-refractivity contribution in [1.82, 2.24) is 4.98 Å². The molecule has 106 valence electrons. The average molecular weight is 379 g/mol. The van der Waals surface area contributed by atoms with E-state index in [0.29, 0.717) is 28.6 Å². The fourth-order valence-corrected chi connectivity index (χ4v) is 3.64. The average Bonchev–Trinajstić information content (AvgIpc) is 2.78. The third kappa shape index (κ3) is 2.57. The monoisotopic (exact) mass is 377 g/mol. The Morgan fingerprint density at radius 1 is 1.70 bits per heavy atom. The number of carbonyl (C=O) groups is 1. The van der Waals surface area contributed by atoms with Gasteiger partial charge in [0.2, 0.25) is 0 Å². The molecule has 2 aromatic rings. The van der Waals surface area contributed by atoms with Crippen LogP contribution < -0.4 is 9.47 Å². The Kier molecular flexibility index (Phi) is 3.74. The van der Waals surface area contributed by atoms with Crippen LogP contribution >= 0.6 is 38.9 Å². The molecule has 0 amide bonds. The summed E-state index contributed by atoms with van der Waals surface area (Å²) in [7, 11) is 0. The number of ether oxygens (including phenoxy) is 3. The largest absolute Gasteiger partial charge is 0.484 e. The second-order valence-electron chi connectivity index (χ2n) is 4.18. The summed E-state index contributed by atoms with van der Waals surface area (Å²) in [6.07, 6.45) is -0.337. The predicted molar refractivity (Wildman–Crippen MR) is 78.9 cm³/mol. The lowest BCUT2D eigenvalue weighted by atomic mass is 10.2. The molecule has 5 nitrogen and oxygen atoms in total. The van der Waals surface area contributed by atoms with Crippen LogP contribution in [-0.2, 0) is 9.53 Å². The topological polar surface area (TPSA) is 57.7 Å². The van der Waals surface area contributed by atoms with Crippen LogP contribution in [0.15, 0.2) is 9.98 Å². The van der Waals surface area contributed by atoms with Crippen LogP contribution in [0.1, 0.15) is 6.92 Å². The zero-order chi connectivity index (χ0) is 14.3. The van der Waals surface area contributed by atoms with Gasteiger partial charge in [0.25, 0.3) is 0 Å². The molecule has 0 bridgehead atoms. The first kappa shape index (κ1) is 13.9. The number of esters is 1. The lowest BCUT2D eigenvalue weighted by Gasteiger charge is -2.26. The van der Waals surface area contributed by atoms with Crippen molar-refractivity contribution in [2.45, 2.75) is 13.0 Å². The van der Waals surface area contributed by atoms with Crippen LogP contribution in [0.25, 0.3) is 10.2 Å². The van der Waals surface area contributed by atoms with E-state index in [1.54, 1.807) is 6.07 Å². The fraction of sp³-hybridized carbons (Fsp3) is 0.333. The zero-order valence-corrected chi connectivity index (χ0v) is 13.5. The van der Waals surface area contributed by atoms with Gasteiger partial charge >= 0.3 is 5.97 Å². The quantitative estimate of drug-likeness (QED) is 0.750. The molecule has 1 aromatic carbocycles. The molecule has 1 atom stereocenters. The van der Waals surface area contributed by atoms with E-state index in [1.165, 1.54) is 18.3 Å². The molecule has 0 saturated carbocycles.